The number of amides is 1. The molecule has 0 spiro atoms. The molecule has 4 heterocycles. The average molecular weight is 470 g/mol. The highest BCUT2D eigenvalue weighted by Crippen LogP contribution is 2.37. The molecule has 8 heteroatoms. The number of nitrogens with one attached hydrogen (secondary N) is 2. The van der Waals surface area contributed by atoms with Gasteiger partial charge in [0.05, 0.1) is 5.69 Å². The number of halogens is 1. The predicted octanol–water partition coefficient (Wildman–Crippen LogP) is 3.93. The van der Waals surface area contributed by atoms with Crippen molar-refractivity contribution in [2.45, 2.75) is 31.3 Å². The van der Waals surface area contributed by atoms with Crippen molar-refractivity contribution in [2.75, 3.05) is 43.5 Å². The van der Waals surface area contributed by atoms with E-state index in [1.807, 2.05) is 25.1 Å². The summed E-state index contributed by atoms with van der Waals surface area (Å²) in [6.07, 6.45) is 3.37. The van der Waals surface area contributed by atoms with Crippen molar-refractivity contribution >= 4 is 50.4 Å². The number of piperazine rings is 1. The lowest BCUT2D eigenvalue weighted by Gasteiger charge is -2.34. The largest absolute Gasteiger partial charge is 0.376 e. The minimum absolute atomic E-state index is 0.0688. The second-order valence-corrected chi connectivity index (χ2v) is 10.3. The fraction of sp³-hybridized carbons (Fsp3) is 0.417. The molecule has 0 radical (unpaired) electrons. The molecule has 2 aliphatic heterocycles. The molecule has 1 amide bonds. The number of carbonyl (C=O) groups is 1. The zero-order valence-electron chi connectivity index (χ0n) is 18.4. The van der Waals surface area contributed by atoms with Crippen LogP contribution in [-0.2, 0) is 6.42 Å². The summed E-state index contributed by atoms with van der Waals surface area (Å²) in [5.74, 6) is -0.0688. The summed E-state index contributed by atoms with van der Waals surface area (Å²) in [7, 11) is 3.89. The van der Waals surface area contributed by atoms with E-state index in [2.05, 4.69) is 44.8 Å². The molecule has 3 aromatic rings. The van der Waals surface area contributed by atoms with E-state index >= 15 is 0 Å². The van der Waals surface area contributed by atoms with Gasteiger partial charge in [0, 0.05) is 56.9 Å². The maximum Gasteiger partial charge on any atom is 0.263 e. The Morgan fingerprint density at radius 1 is 1.19 bits per heavy atom. The van der Waals surface area contributed by atoms with Gasteiger partial charge in [-0.3, -0.25) is 4.79 Å². The molecule has 2 bridgehead atoms. The number of benzene rings is 1. The number of hydrogen-bond acceptors (Lipinski definition) is 6. The molecule has 2 aromatic heterocycles. The molecular weight excluding hydrogens is 442 g/mol. The minimum atomic E-state index is -0.0688. The van der Waals surface area contributed by atoms with Crippen molar-refractivity contribution in [1.82, 2.24) is 15.6 Å². The summed E-state index contributed by atoms with van der Waals surface area (Å²) in [5, 5.41) is 8.15. The zero-order chi connectivity index (χ0) is 22.2. The van der Waals surface area contributed by atoms with Crippen LogP contribution in [0.1, 0.15) is 28.1 Å². The van der Waals surface area contributed by atoms with Gasteiger partial charge in [-0.15, -0.1) is 11.3 Å². The van der Waals surface area contributed by atoms with Gasteiger partial charge in [0.1, 0.15) is 14.9 Å². The maximum absolute atomic E-state index is 12.9. The van der Waals surface area contributed by atoms with E-state index in [0.717, 1.165) is 35.4 Å². The van der Waals surface area contributed by atoms with Crippen LogP contribution in [0.4, 0.5) is 11.4 Å². The van der Waals surface area contributed by atoms with Crippen molar-refractivity contribution in [3.8, 4) is 0 Å². The summed E-state index contributed by atoms with van der Waals surface area (Å²) in [4.78, 5) is 23.2. The van der Waals surface area contributed by atoms with Crippen LogP contribution in [0.15, 0.2) is 36.4 Å². The van der Waals surface area contributed by atoms with Crippen LogP contribution in [0, 0.1) is 0 Å². The lowest BCUT2D eigenvalue weighted by atomic mass is 10.1. The third-order valence-corrected chi connectivity index (χ3v) is 7.66. The monoisotopic (exact) mass is 469 g/mol. The van der Waals surface area contributed by atoms with Crippen LogP contribution in [0.5, 0.6) is 0 Å². The summed E-state index contributed by atoms with van der Waals surface area (Å²) in [6.45, 7) is 2.77. The molecule has 2 aliphatic rings. The van der Waals surface area contributed by atoms with E-state index in [9.17, 15) is 4.79 Å². The summed E-state index contributed by atoms with van der Waals surface area (Å²) in [5.41, 5.74) is 3.41. The summed E-state index contributed by atoms with van der Waals surface area (Å²) >= 11 is 7.43. The third kappa shape index (κ3) is 4.29. The molecule has 0 aliphatic carbocycles. The van der Waals surface area contributed by atoms with Crippen LogP contribution in [0.25, 0.3) is 10.2 Å². The Labute approximate surface area is 197 Å². The number of thiophene rings is 1. The van der Waals surface area contributed by atoms with Gasteiger partial charge in [-0.25, -0.2) is 4.98 Å². The van der Waals surface area contributed by atoms with Crippen LogP contribution in [-0.4, -0.2) is 56.7 Å². The normalized spacial score (nSPS) is 20.0. The van der Waals surface area contributed by atoms with E-state index < -0.39 is 0 Å². The lowest BCUT2D eigenvalue weighted by Crippen LogP contribution is -2.51. The zero-order valence-corrected chi connectivity index (χ0v) is 20.0. The third-order valence-electron chi connectivity index (χ3n) is 6.37. The number of carbonyl (C=O) groups excluding carboxylic acids is 1. The van der Waals surface area contributed by atoms with Gasteiger partial charge in [0.25, 0.3) is 5.91 Å². The Morgan fingerprint density at radius 3 is 2.59 bits per heavy atom. The van der Waals surface area contributed by atoms with Crippen LogP contribution < -0.4 is 20.4 Å². The summed E-state index contributed by atoms with van der Waals surface area (Å²) < 4.78 is 0. The van der Waals surface area contributed by atoms with E-state index in [1.165, 1.54) is 35.4 Å². The number of nitrogens with zero attached hydrogens (tertiary/aromatic N) is 3. The van der Waals surface area contributed by atoms with Gasteiger partial charge < -0.3 is 20.4 Å². The molecule has 32 heavy (non-hydrogen) atoms. The first kappa shape index (κ1) is 21.5. The molecule has 0 saturated carbocycles. The van der Waals surface area contributed by atoms with Crippen molar-refractivity contribution in [2.24, 2.45) is 0 Å². The number of fused-ring (bicyclic) bond motifs is 3. The van der Waals surface area contributed by atoms with Crippen molar-refractivity contribution in [3.05, 3.63) is 52.0 Å². The van der Waals surface area contributed by atoms with E-state index in [0.29, 0.717) is 28.7 Å². The van der Waals surface area contributed by atoms with Gasteiger partial charge in [-0.1, -0.05) is 23.7 Å². The first-order valence-corrected chi connectivity index (χ1v) is 12.3. The second kappa shape index (κ2) is 8.89. The van der Waals surface area contributed by atoms with Gasteiger partial charge in [-0.05, 0) is 49.1 Å². The van der Waals surface area contributed by atoms with Crippen molar-refractivity contribution in [1.29, 1.82) is 0 Å². The van der Waals surface area contributed by atoms with Gasteiger partial charge in [0.15, 0.2) is 0 Å². The molecule has 2 saturated heterocycles. The molecule has 168 valence electrons. The van der Waals surface area contributed by atoms with Crippen molar-refractivity contribution in [3.63, 3.8) is 0 Å². The van der Waals surface area contributed by atoms with Crippen molar-refractivity contribution < 1.29 is 4.79 Å². The Balaban J connectivity index is 1.21. The lowest BCUT2D eigenvalue weighted by molar-refractivity contribution is 0.0958. The van der Waals surface area contributed by atoms with Gasteiger partial charge in [-0.2, -0.15) is 0 Å². The highest BCUT2D eigenvalue weighted by molar-refractivity contribution is 7.21. The number of anilines is 2. The molecule has 2 N–H and O–H groups in total. The fourth-order valence-electron chi connectivity index (χ4n) is 4.82. The molecule has 2 fully saturated rings. The minimum Gasteiger partial charge on any atom is -0.376 e. The molecule has 1 aromatic carbocycles. The van der Waals surface area contributed by atoms with E-state index in [1.54, 1.807) is 6.07 Å². The van der Waals surface area contributed by atoms with Crippen LogP contribution in [0.3, 0.4) is 0 Å². The van der Waals surface area contributed by atoms with Gasteiger partial charge in [0.2, 0.25) is 0 Å². The molecule has 6 nitrogen and oxygen atoms in total. The quantitative estimate of drug-likeness (QED) is 0.536. The number of pyridine rings is 1. The van der Waals surface area contributed by atoms with Crippen LogP contribution >= 0.6 is 22.9 Å². The average Bonchev–Trinajstić information content (AvgIpc) is 3.33. The van der Waals surface area contributed by atoms with Crippen LogP contribution in [0.2, 0.25) is 5.15 Å². The molecule has 5 rings (SSSR count). The molecular formula is C24H28ClN5OS. The number of hydrogen-bond donors (Lipinski definition) is 2. The topological polar surface area (TPSA) is 60.5 Å². The fourth-order valence-corrected chi connectivity index (χ4v) is 6.19. The Bertz CT molecular complexity index is 1120. The Hall–Kier alpha value is -2.35. The number of rotatable bonds is 6. The first-order chi connectivity index (χ1) is 15.5. The standard InChI is InChI=1S/C24H28ClN5OS/c1-29(2)21-19-9-10-20(25)28-24(19)32-22(21)23(31)26-12-11-15-3-7-18(8-4-15)30-13-16-5-6-17(14-30)27-16/h3-4,7-10,16-17,27H,5-6,11-14H2,1-2H3,(H,26,31). The SMILES string of the molecule is CN(C)c1c(C(=O)NCCc2ccc(N3CC4CCC(C3)N4)cc2)sc2nc(Cl)ccc12. The van der Waals surface area contributed by atoms with Gasteiger partial charge >= 0.3 is 0 Å². The highest BCUT2D eigenvalue weighted by atomic mass is 35.5. The molecule has 2 atom stereocenters. The first-order valence-electron chi connectivity index (χ1n) is 11.1. The smallest absolute Gasteiger partial charge is 0.263 e. The summed E-state index contributed by atoms with van der Waals surface area (Å²) in [6, 6.07) is 13.8. The molecule has 2 unspecified atom stereocenters. The van der Waals surface area contributed by atoms with E-state index in [-0.39, 0.29) is 5.91 Å². The Kier molecular flexibility index (Phi) is 5.97. The second-order valence-electron chi connectivity index (χ2n) is 8.88. The highest BCUT2D eigenvalue weighted by Gasteiger charge is 2.32. The predicted molar refractivity (Wildman–Crippen MR) is 134 cm³/mol. The maximum atomic E-state index is 12.9. The van der Waals surface area contributed by atoms with E-state index in [4.69, 9.17) is 11.6 Å². The number of aromatic nitrogens is 1. The Morgan fingerprint density at radius 2 is 1.91 bits per heavy atom.